The fourth-order valence-corrected chi connectivity index (χ4v) is 3.13. The van der Waals surface area contributed by atoms with Gasteiger partial charge in [-0.15, -0.1) is 0 Å². The van der Waals surface area contributed by atoms with Crippen LogP contribution in [0.15, 0.2) is 60.7 Å². The number of carbonyl (C=O) groups excluding carboxylic acids is 1. The number of nitrogens with zero attached hydrogens (tertiary/aromatic N) is 1. The molecule has 150 valence electrons. The first-order valence-corrected chi connectivity index (χ1v) is 9.77. The summed E-state index contributed by atoms with van der Waals surface area (Å²) in [6.07, 6.45) is 1.69. The summed E-state index contributed by atoms with van der Waals surface area (Å²) in [5.74, 6) is -0.0423. The highest BCUT2D eigenvalue weighted by Crippen LogP contribution is 2.31. The van der Waals surface area contributed by atoms with Crippen LogP contribution in [0.1, 0.15) is 21.5 Å². The molecule has 0 unspecified atom stereocenters. The van der Waals surface area contributed by atoms with E-state index in [9.17, 15) is 10.1 Å². The normalized spacial score (nSPS) is 11.0. The molecule has 0 fully saturated rings. The van der Waals surface area contributed by atoms with Gasteiger partial charge in [-0.25, -0.2) is 4.79 Å². The molecule has 0 spiro atoms. The van der Waals surface area contributed by atoms with Gasteiger partial charge in [-0.1, -0.05) is 53.0 Å². The Labute approximate surface area is 188 Å². The summed E-state index contributed by atoms with van der Waals surface area (Å²) in [6.45, 7) is 0. The number of nitriles is 1. The van der Waals surface area contributed by atoms with Gasteiger partial charge in [0.1, 0.15) is 0 Å². The Hall–Kier alpha value is -2.97. The van der Waals surface area contributed by atoms with Crippen LogP contribution in [0.2, 0.25) is 15.1 Å². The van der Waals surface area contributed by atoms with E-state index in [0.29, 0.717) is 32.5 Å². The molecule has 0 bridgehead atoms. The molecule has 3 aromatic carbocycles. The molecule has 0 saturated heterocycles. The van der Waals surface area contributed by atoms with E-state index in [0.717, 1.165) is 0 Å². The largest absolute Gasteiger partial charge is 0.493 e. The van der Waals surface area contributed by atoms with Crippen molar-refractivity contribution in [1.29, 1.82) is 5.26 Å². The summed E-state index contributed by atoms with van der Waals surface area (Å²) < 4.78 is 10.8. The quantitative estimate of drug-likeness (QED) is 0.180. The minimum absolute atomic E-state index is 0.229. The van der Waals surface area contributed by atoms with Gasteiger partial charge in [-0.3, -0.25) is 0 Å². The van der Waals surface area contributed by atoms with Gasteiger partial charge in [-0.2, -0.15) is 5.26 Å². The lowest BCUT2D eigenvalue weighted by molar-refractivity contribution is 0.0729. The monoisotopic (exact) mass is 457 g/mol. The molecular weight excluding hydrogens is 445 g/mol. The Morgan fingerprint density at radius 2 is 1.73 bits per heavy atom. The second-order valence-corrected chi connectivity index (χ2v) is 7.36. The lowest BCUT2D eigenvalue weighted by Gasteiger charge is -2.11. The lowest BCUT2D eigenvalue weighted by atomic mass is 10.0. The minimum Gasteiger partial charge on any atom is -0.493 e. The van der Waals surface area contributed by atoms with Gasteiger partial charge in [0.2, 0.25) is 0 Å². The standard InChI is InChI=1S/C23H14Cl3NO3/c1-29-22-10-14(9-17(13-27)15-3-2-4-18(24)11-15)5-8-21(22)30-23(28)16-6-7-19(25)20(26)12-16/h2-12H,1H3/b17-9-. The topological polar surface area (TPSA) is 59.3 Å². The summed E-state index contributed by atoms with van der Waals surface area (Å²) in [7, 11) is 1.46. The molecule has 3 rings (SSSR count). The molecule has 0 atom stereocenters. The predicted octanol–water partition coefficient (Wildman–Crippen LogP) is 6.94. The summed E-state index contributed by atoms with van der Waals surface area (Å²) in [6, 6.07) is 18.6. The summed E-state index contributed by atoms with van der Waals surface area (Å²) >= 11 is 17.8. The van der Waals surface area contributed by atoms with Crippen LogP contribution >= 0.6 is 34.8 Å². The van der Waals surface area contributed by atoms with E-state index < -0.39 is 5.97 Å². The van der Waals surface area contributed by atoms with Crippen molar-refractivity contribution in [2.75, 3.05) is 7.11 Å². The Bertz CT molecular complexity index is 1180. The average molecular weight is 459 g/mol. The highest BCUT2D eigenvalue weighted by atomic mass is 35.5. The number of methoxy groups -OCH3 is 1. The first-order chi connectivity index (χ1) is 14.4. The second-order valence-electron chi connectivity index (χ2n) is 6.11. The number of benzene rings is 3. The zero-order valence-corrected chi connectivity index (χ0v) is 17.9. The SMILES string of the molecule is COc1cc(/C=C(/C#N)c2cccc(Cl)c2)ccc1OC(=O)c1ccc(Cl)c(Cl)c1. The maximum absolute atomic E-state index is 12.4. The van der Waals surface area contributed by atoms with Crippen molar-refractivity contribution >= 4 is 52.4 Å². The number of rotatable bonds is 5. The molecule has 0 aliphatic carbocycles. The number of ether oxygens (including phenoxy) is 2. The zero-order chi connectivity index (χ0) is 21.7. The van der Waals surface area contributed by atoms with E-state index in [4.69, 9.17) is 44.3 Å². The van der Waals surface area contributed by atoms with Crippen molar-refractivity contribution < 1.29 is 14.3 Å². The van der Waals surface area contributed by atoms with E-state index in [1.807, 2.05) is 0 Å². The fourth-order valence-electron chi connectivity index (χ4n) is 2.64. The van der Waals surface area contributed by atoms with Crippen molar-refractivity contribution in [3.05, 3.63) is 92.4 Å². The number of hydrogen-bond donors (Lipinski definition) is 0. The summed E-state index contributed by atoms with van der Waals surface area (Å²) in [4.78, 5) is 12.4. The highest BCUT2D eigenvalue weighted by molar-refractivity contribution is 6.42. The number of carbonyl (C=O) groups is 1. The molecule has 0 saturated carbocycles. The van der Waals surface area contributed by atoms with E-state index in [1.165, 1.54) is 25.3 Å². The Balaban J connectivity index is 1.88. The number of hydrogen-bond acceptors (Lipinski definition) is 4. The number of halogens is 3. The fraction of sp³-hybridized carbons (Fsp3) is 0.0435. The van der Waals surface area contributed by atoms with E-state index in [-0.39, 0.29) is 16.3 Å². The molecule has 0 amide bonds. The minimum atomic E-state index is -0.605. The maximum atomic E-state index is 12.4. The molecular formula is C23H14Cl3NO3. The van der Waals surface area contributed by atoms with Gasteiger partial charge in [0.25, 0.3) is 0 Å². The van der Waals surface area contributed by atoms with Crippen LogP contribution in [-0.2, 0) is 0 Å². The summed E-state index contributed by atoms with van der Waals surface area (Å²) in [5, 5.41) is 10.7. The van der Waals surface area contributed by atoms with Crippen LogP contribution in [0.25, 0.3) is 11.6 Å². The van der Waals surface area contributed by atoms with Gasteiger partial charge in [-0.05, 0) is 59.7 Å². The Morgan fingerprint density at radius 1 is 0.933 bits per heavy atom. The van der Waals surface area contributed by atoms with Crippen molar-refractivity contribution in [1.82, 2.24) is 0 Å². The van der Waals surface area contributed by atoms with Crippen LogP contribution < -0.4 is 9.47 Å². The van der Waals surface area contributed by atoms with Gasteiger partial charge in [0.15, 0.2) is 11.5 Å². The molecule has 0 aliphatic rings. The van der Waals surface area contributed by atoms with Gasteiger partial charge < -0.3 is 9.47 Å². The molecule has 4 nitrogen and oxygen atoms in total. The second kappa shape index (κ2) is 9.69. The summed E-state index contributed by atoms with van der Waals surface area (Å²) in [5.41, 5.74) is 2.07. The molecule has 0 heterocycles. The van der Waals surface area contributed by atoms with E-state index in [2.05, 4.69) is 6.07 Å². The third-order valence-electron chi connectivity index (χ3n) is 4.11. The molecule has 0 N–H and O–H groups in total. The van der Waals surface area contributed by atoms with Crippen LogP contribution in [0, 0.1) is 11.3 Å². The van der Waals surface area contributed by atoms with Crippen LogP contribution in [0.4, 0.5) is 0 Å². The smallest absolute Gasteiger partial charge is 0.343 e. The Morgan fingerprint density at radius 3 is 2.40 bits per heavy atom. The first-order valence-electron chi connectivity index (χ1n) is 8.64. The van der Waals surface area contributed by atoms with Crippen LogP contribution in [-0.4, -0.2) is 13.1 Å². The third-order valence-corrected chi connectivity index (χ3v) is 5.09. The van der Waals surface area contributed by atoms with Crippen molar-refractivity contribution in [3.8, 4) is 17.6 Å². The van der Waals surface area contributed by atoms with Gasteiger partial charge in [0.05, 0.1) is 34.4 Å². The zero-order valence-electron chi connectivity index (χ0n) is 15.7. The molecule has 0 radical (unpaired) electrons. The van der Waals surface area contributed by atoms with Crippen LogP contribution in [0.3, 0.4) is 0 Å². The van der Waals surface area contributed by atoms with Gasteiger partial charge >= 0.3 is 5.97 Å². The Kier molecular flexibility index (Phi) is 7.02. The van der Waals surface area contributed by atoms with E-state index in [1.54, 1.807) is 48.5 Å². The predicted molar refractivity (Wildman–Crippen MR) is 119 cm³/mol. The molecule has 0 aliphatic heterocycles. The molecule has 7 heteroatoms. The maximum Gasteiger partial charge on any atom is 0.343 e. The van der Waals surface area contributed by atoms with Crippen molar-refractivity contribution in [3.63, 3.8) is 0 Å². The van der Waals surface area contributed by atoms with E-state index >= 15 is 0 Å². The average Bonchev–Trinajstić information content (AvgIpc) is 2.74. The van der Waals surface area contributed by atoms with Gasteiger partial charge in [0, 0.05) is 5.02 Å². The third kappa shape index (κ3) is 5.14. The highest BCUT2D eigenvalue weighted by Gasteiger charge is 2.14. The molecule has 3 aromatic rings. The first kappa shape index (κ1) is 21.7. The van der Waals surface area contributed by atoms with Crippen molar-refractivity contribution in [2.45, 2.75) is 0 Å². The number of allylic oxidation sites excluding steroid dienone is 1. The lowest BCUT2D eigenvalue weighted by Crippen LogP contribution is -2.09. The molecule has 0 aromatic heterocycles. The van der Waals surface area contributed by atoms with Crippen LogP contribution in [0.5, 0.6) is 11.5 Å². The number of esters is 1. The van der Waals surface area contributed by atoms with Crippen molar-refractivity contribution in [2.24, 2.45) is 0 Å². The molecule has 30 heavy (non-hydrogen) atoms.